The summed E-state index contributed by atoms with van der Waals surface area (Å²) in [6.45, 7) is 0.589. The summed E-state index contributed by atoms with van der Waals surface area (Å²) in [6, 6.07) is 14.3. The Kier molecular flexibility index (Phi) is 4.39. The largest absolute Gasteiger partial charge is 0.381 e. The van der Waals surface area contributed by atoms with Crippen LogP contribution >= 0.6 is 0 Å². The minimum Gasteiger partial charge on any atom is -0.381 e. The van der Waals surface area contributed by atoms with Crippen LogP contribution in [0, 0.1) is 5.82 Å². The zero-order valence-corrected chi connectivity index (χ0v) is 12.0. The predicted octanol–water partition coefficient (Wildman–Crippen LogP) is 2.98. The molecule has 5 heteroatoms. The molecule has 0 bridgehead atoms. The molecule has 2 rings (SSSR count). The fourth-order valence-corrected chi connectivity index (χ4v) is 2.66. The first-order valence-electron chi connectivity index (χ1n) is 6.18. The summed E-state index contributed by atoms with van der Waals surface area (Å²) in [7, 11) is -3.23. The van der Waals surface area contributed by atoms with Crippen LogP contribution in [0.2, 0.25) is 0 Å². The van der Waals surface area contributed by atoms with Gasteiger partial charge in [0.2, 0.25) is 0 Å². The standard InChI is InChI=1S/C15H16FNO2S/c1-20(18,19)11-13-7-8-14(9-15(13)16)17-10-12-5-3-2-4-6-12/h2-9,17H,10-11H2,1H3. The highest BCUT2D eigenvalue weighted by Crippen LogP contribution is 2.17. The van der Waals surface area contributed by atoms with Gasteiger partial charge in [-0.3, -0.25) is 0 Å². The van der Waals surface area contributed by atoms with Gasteiger partial charge in [0.1, 0.15) is 5.82 Å². The van der Waals surface area contributed by atoms with Gasteiger partial charge in [-0.15, -0.1) is 0 Å². The lowest BCUT2D eigenvalue weighted by molar-refractivity contribution is 0.592. The van der Waals surface area contributed by atoms with E-state index < -0.39 is 15.7 Å². The Balaban J connectivity index is 2.06. The zero-order valence-electron chi connectivity index (χ0n) is 11.1. The summed E-state index contributed by atoms with van der Waals surface area (Å²) >= 11 is 0. The van der Waals surface area contributed by atoms with Crippen LogP contribution in [0.4, 0.5) is 10.1 Å². The molecule has 0 aromatic heterocycles. The first kappa shape index (κ1) is 14.5. The number of rotatable bonds is 5. The van der Waals surface area contributed by atoms with Crippen LogP contribution in [0.1, 0.15) is 11.1 Å². The van der Waals surface area contributed by atoms with Crippen LogP contribution in [-0.2, 0) is 22.1 Å². The summed E-state index contributed by atoms with van der Waals surface area (Å²) in [5.41, 5.74) is 1.91. The molecule has 0 aliphatic heterocycles. The van der Waals surface area contributed by atoms with Crippen LogP contribution in [0.3, 0.4) is 0 Å². The molecule has 0 spiro atoms. The van der Waals surface area contributed by atoms with E-state index in [2.05, 4.69) is 5.32 Å². The molecule has 0 atom stereocenters. The molecule has 0 radical (unpaired) electrons. The number of hydrogen-bond donors (Lipinski definition) is 1. The Bertz CT molecular complexity index is 684. The van der Waals surface area contributed by atoms with Crippen molar-refractivity contribution in [1.82, 2.24) is 0 Å². The van der Waals surface area contributed by atoms with Crippen LogP contribution in [0.25, 0.3) is 0 Å². The Hall–Kier alpha value is -1.88. The highest BCUT2D eigenvalue weighted by molar-refractivity contribution is 7.89. The number of sulfone groups is 1. The third-order valence-electron chi connectivity index (χ3n) is 2.81. The minimum absolute atomic E-state index is 0.192. The summed E-state index contributed by atoms with van der Waals surface area (Å²) in [5.74, 6) is -0.786. The second kappa shape index (κ2) is 6.05. The van der Waals surface area contributed by atoms with Crippen molar-refractivity contribution in [3.63, 3.8) is 0 Å². The predicted molar refractivity (Wildman–Crippen MR) is 78.7 cm³/mol. The highest BCUT2D eigenvalue weighted by Gasteiger charge is 2.10. The van der Waals surface area contributed by atoms with Gasteiger partial charge in [0, 0.05) is 24.1 Å². The smallest absolute Gasteiger partial charge is 0.151 e. The van der Waals surface area contributed by atoms with Crippen molar-refractivity contribution >= 4 is 15.5 Å². The number of hydrogen-bond acceptors (Lipinski definition) is 3. The Morgan fingerprint density at radius 1 is 1.10 bits per heavy atom. The van der Waals surface area contributed by atoms with Crippen molar-refractivity contribution in [3.05, 3.63) is 65.5 Å². The molecule has 0 unspecified atom stereocenters. The molecule has 2 aromatic rings. The molecule has 0 aliphatic carbocycles. The summed E-state index contributed by atoms with van der Waals surface area (Å²) in [4.78, 5) is 0. The Labute approximate surface area is 118 Å². The lowest BCUT2D eigenvalue weighted by Gasteiger charge is -2.08. The number of benzene rings is 2. The fourth-order valence-electron chi connectivity index (χ4n) is 1.86. The molecule has 3 nitrogen and oxygen atoms in total. The first-order chi connectivity index (χ1) is 9.44. The second-order valence-electron chi connectivity index (χ2n) is 4.72. The van der Waals surface area contributed by atoms with Gasteiger partial charge < -0.3 is 5.32 Å². The number of nitrogens with one attached hydrogen (secondary N) is 1. The molecular weight excluding hydrogens is 277 g/mol. The van der Waals surface area contributed by atoms with Gasteiger partial charge in [-0.1, -0.05) is 36.4 Å². The van der Waals surface area contributed by atoms with Crippen LogP contribution < -0.4 is 5.32 Å². The van der Waals surface area contributed by atoms with E-state index in [0.29, 0.717) is 12.2 Å². The van der Waals surface area contributed by atoms with Crippen molar-refractivity contribution < 1.29 is 12.8 Å². The van der Waals surface area contributed by atoms with Gasteiger partial charge in [-0.2, -0.15) is 0 Å². The monoisotopic (exact) mass is 293 g/mol. The summed E-state index contributed by atoms with van der Waals surface area (Å²) in [5, 5.41) is 3.10. The molecule has 106 valence electrons. The van der Waals surface area contributed by atoms with Crippen molar-refractivity contribution in [2.45, 2.75) is 12.3 Å². The highest BCUT2D eigenvalue weighted by atomic mass is 32.2. The normalized spacial score (nSPS) is 11.3. The molecule has 2 aromatic carbocycles. The van der Waals surface area contributed by atoms with E-state index in [0.717, 1.165) is 11.8 Å². The number of halogens is 1. The Morgan fingerprint density at radius 2 is 1.80 bits per heavy atom. The van der Waals surface area contributed by atoms with E-state index >= 15 is 0 Å². The SMILES string of the molecule is CS(=O)(=O)Cc1ccc(NCc2ccccc2)cc1F. The van der Waals surface area contributed by atoms with Crippen molar-refractivity contribution in [3.8, 4) is 0 Å². The fraction of sp³-hybridized carbons (Fsp3) is 0.200. The van der Waals surface area contributed by atoms with E-state index in [1.807, 2.05) is 30.3 Å². The summed E-state index contributed by atoms with van der Waals surface area (Å²) in [6.07, 6.45) is 1.09. The third kappa shape index (κ3) is 4.35. The van der Waals surface area contributed by atoms with Crippen molar-refractivity contribution in [2.75, 3.05) is 11.6 Å². The van der Waals surface area contributed by atoms with Crippen LogP contribution in [0.5, 0.6) is 0 Å². The average Bonchev–Trinajstić information content (AvgIpc) is 2.39. The third-order valence-corrected chi connectivity index (χ3v) is 3.65. The van der Waals surface area contributed by atoms with E-state index in [4.69, 9.17) is 0 Å². The van der Waals surface area contributed by atoms with E-state index in [-0.39, 0.29) is 11.3 Å². The van der Waals surface area contributed by atoms with Gasteiger partial charge >= 0.3 is 0 Å². The molecule has 0 fully saturated rings. The van der Waals surface area contributed by atoms with E-state index in [1.54, 1.807) is 6.07 Å². The molecule has 0 saturated carbocycles. The second-order valence-corrected chi connectivity index (χ2v) is 6.86. The Morgan fingerprint density at radius 3 is 2.40 bits per heavy atom. The first-order valence-corrected chi connectivity index (χ1v) is 8.24. The van der Waals surface area contributed by atoms with E-state index in [1.165, 1.54) is 12.1 Å². The van der Waals surface area contributed by atoms with E-state index in [9.17, 15) is 12.8 Å². The minimum atomic E-state index is -3.23. The molecule has 20 heavy (non-hydrogen) atoms. The van der Waals surface area contributed by atoms with Crippen molar-refractivity contribution in [2.24, 2.45) is 0 Å². The maximum atomic E-state index is 13.8. The lowest BCUT2D eigenvalue weighted by atomic mass is 10.2. The molecule has 0 amide bonds. The molecular formula is C15H16FNO2S. The van der Waals surface area contributed by atoms with Gasteiger partial charge in [0.25, 0.3) is 0 Å². The van der Waals surface area contributed by atoms with Crippen molar-refractivity contribution in [1.29, 1.82) is 0 Å². The molecule has 0 heterocycles. The van der Waals surface area contributed by atoms with Gasteiger partial charge in [-0.25, -0.2) is 12.8 Å². The summed E-state index contributed by atoms with van der Waals surface area (Å²) < 4.78 is 36.1. The number of anilines is 1. The average molecular weight is 293 g/mol. The molecule has 1 N–H and O–H groups in total. The van der Waals surface area contributed by atoms with Crippen LogP contribution in [0.15, 0.2) is 48.5 Å². The quantitative estimate of drug-likeness (QED) is 0.922. The molecule has 0 saturated heterocycles. The topological polar surface area (TPSA) is 46.2 Å². The van der Waals surface area contributed by atoms with Gasteiger partial charge in [0.05, 0.1) is 5.75 Å². The maximum Gasteiger partial charge on any atom is 0.151 e. The zero-order chi connectivity index (χ0) is 14.6. The van der Waals surface area contributed by atoms with Gasteiger partial charge in [-0.05, 0) is 17.7 Å². The lowest BCUT2D eigenvalue weighted by Crippen LogP contribution is -2.04. The van der Waals surface area contributed by atoms with Crippen LogP contribution in [-0.4, -0.2) is 14.7 Å². The maximum absolute atomic E-state index is 13.8. The van der Waals surface area contributed by atoms with Gasteiger partial charge in [0.15, 0.2) is 9.84 Å². The molecule has 0 aliphatic rings.